The number of carbonyl (C=O) groups is 1. The molecule has 0 spiro atoms. The smallest absolute Gasteiger partial charge is 0.359 e. The van der Waals surface area contributed by atoms with Gasteiger partial charge in [-0.25, -0.2) is 14.5 Å². The number of thiophene rings is 1. The van der Waals surface area contributed by atoms with Crippen LogP contribution in [0.3, 0.4) is 0 Å². The van der Waals surface area contributed by atoms with Crippen molar-refractivity contribution >= 4 is 39.4 Å². The van der Waals surface area contributed by atoms with Gasteiger partial charge in [0.05, 0.1) is 22.5 Å². The summed E-state index contributed by atoms with van der Waals surface area (Å²) in [6, 6.07) is 20.5. The summed E-state index contributed by atoms with van der Waals surface area (Å²) in [6.07, 6.45) is 0. The van der Waals surface area contributed by atoms with E-state index in [4.69, 9.17) is 4.74 Å². The van der Waals surface area contributed by atoms with Gasteiger partial charge >= 0.3 is 5.97 Å². The van der Waals surface area contributed by atoms with Crippen LogP contribution in [0.5, 0.6) is 0 Å². The number of fused-ring (bicyclic) bond motifs is 1. The van der Waals surface area contributed by atoms with Crippen molar-refractivity contribution in [3.8, 4) is 9.88 Å². The number of hydrogen-bond donors (Lipinski definition) is 0. The lowest BCUT2D eigenvalue weighted by Gasteiger charge is -2.11. The average molecular weight is 460 g/mol. The van der Waals surface area contributed by atoms with Crippen LogP contribution in [0.2, 0.25) is 0 Å². The second-order valence-electron chi connectivity index (χ2n) is 7.04. The minimum Gasteiger partial charge on any atom is -0.454 e. The lowest BCUT2D eigenvalue weighted by molar-refractivity contribution is 0.0461. The molecule has 5 rings (SSSR count). The van der Waals surface area contributed by atoms with Crippen molar-refractivity contribution in [2.45, 2.75) is 13.2 Å². The van der Waals surface area contributed by atoms with E-state index >= 15 is 0 Å². The van der Waals surface area contributed by atoms with Gasteiger partial charge in [0.15, 0.2) is 5.69 Å². The molecule has 6 nitrogen and oxygen atoms in total. The van der Waals surface area contributed by atoms with E-state index in [1.165, 1.54) is 16.0 Å². The largest absolute Gasteiger partial charge is 0.454 e. The molecule has 0 amide bonds. The van der Waals surface area contributed by atoms with E-state index < -0.39 is 5.97 Å². The zero-order valence-corrected chi connectivity index (χ0v) is 18.4. The first kappa shape index (κ1) is 20.3. The molecule has 0 N–H and O–H groups in total. The highest BCUT2D eigenvalue weighted by Crippen LogP contribution is 2.28. The summed E-state index contributed by atoms with van der Waals surface area (Å²) >= 11 is 3.12. The Balaban J connectivity index is 1.43. The molecule has 0 unspecified atom stereocenters. The maximum atomic E-state index is 13.0. The van der Waals surface area contributed by atoms with Crippen LogP contribution in [0.25, 0.3) is 20.7 Å². The maximum Gasteiger partial charge on any atom is 0.359 e. The van der Waals surface area contributed by atoms with Crippen LogP contribution in [0, 0.1) is 0 Å². The van der Waals surface area contributed by atoms with Gasteiger partial charge in [0.25, 0.3) is 5.56 Å². The van der Waals surface area contributed by atoms with Crippen molar-refractivity contribution in [3.05, 3.63) is 105 Å². The second kappa shape index (κ2) is 8.86. The lowest BCUT2D eigenvalue weighted by atomic mass is 10.1. The number of esters is 1. The minimum atomic E-state index is -0.589. The molecular weight excluding hydrogens is 442 g/mol. The standard InChI is InChI=1S/C24H17N3O3S2/c28-23-19-10-5-4-9-18(19)21(26-27(23)13-16-7-2-1-3-8-16)24(29)30-14-17-15-32-22(25-17)20-11-6-12-31-20/h1-12,15H,13-14H2. The molecule has 158 valence electrons. The van der Waals surface area contributed by atoms with Crippen LogP contribution >= 0.6 is 22.7 Å². The first-order valence-corrected chi connectivity index (χ1v) is 11.6. The zero-order valence-electron chi connectivity index (χ0n) is 16.8. The Hall–Kier alpha value is -3.62. The summed E-state index contributed by atoms with van der Waals surface area (Å²) in [4.78, 5) is 31.5. The highest BCUT2D eigenvalue weighted by Gasteiger charge is 2.19. The maximum absolute atomic E-state index is 13.0. The van der Waals surface area contributed by atoms with Gasteiger partial charge in [0.1, 0.15) is 11.6 Å². The highest BCUT2D eigenvalue weighted by atomic mass is 32.1. The molecule has 3 heterocycles. The monoisotopic (exact) mass is 459 g/mol. The number of carbonyl (C=O) groups excluding carboxylic acids is 1. The molecule has 2 aromatic carbocycles. The van der Waals surface area contributed by atoms with Crippen molar-refractivity contribution in [2.75, 3.05) is 0 Å². The van der Waals surface area contributed by atoms with Gasteiger partial charge in [-0.2, -0.15) is 5.10 Å². The molecule has 32 heavy (non-hydrogen) atoms. The lowest BCUT2D eigenvalue weighted by Crippen LogP contribution is -2.27. The molecular formula is C24H17N3O3S2. The van der Waals surface area contributed by atoms with E-state index in [0.717, 1.165) is 15.4 Å². The van der Waals surface area contributed by atoms with Gasteiger partial charge in [-0.05, 0) is 23.1 Å². The number of thiazole rings is 1. The van der Waals surface area contributed by atoms with Crippen LogP contribution in [-0.4, -0.2) is 20.7 Å². The Bertz CT molecular complexity index is 1440. The first-order valence-electron chi connectivity index (χ1n) is 9.88. The topological polar surface area (TPSA) is 74.1 Å². The van der Waals surface area contributed by atoms with Crippen molar-refractivity contribution in [1.82, 2.24) is 14.8 Å². The number of aromatic nitrogens is 3. The third-order valence-corrected chi connectivity index (χ3v) is 6.80. The van der Waals surface area contributed by atoms with Crippen LogP contribution in [-0.2, 0) is 17.9 Å². The molecule has 0 bridgehead atoms. The highest BCUT2D eigenvalue weighted by molar-refractivity contribution is 7.20. The van der Waals surface area contributed by atoms with E-state index in [1.54, 1.807) is 35.6 Å². The van der Waals surface area contributed by atoms with E-state index in [9.17, 15) is 9.59 Å². The molecule has 5 aromatic rings. The van der Waals surface area contributed by atoms with Crippen LogP contribution in [0.15, 0.2) is 82.3 Å². The Labute approximate surface area is 191 Å². The zero-order chi connectivity index (χ0) is 21.9. The quantitative estimate of drug-likeness (QED) is 0.335. The average Bonchev–Trinajstić information content (AvgIpc) is 3.52. The third-order valence-electron chi connectivity index (χ3n) is 4.87. The van der Waals surface area contributed by atoms with E-state index in [1.807, 2.05) is 53.2 Å². The first-order chi connectivity index (χ1) is 15.7. The summed E-state index contributed by atoms with van der Waals surface area (Å²) in [6.45, 7) is 0.301. The molecule has 0 aliphatic carbocycles. The van der Waals surface area contributed by atoms with Crippen LogP contribution in [0.1, 0.15) is 21.7 Å². The van der Waals surface area contributed by atoms with Crippen molar-refractivity contribution in [3.63, 3.8) is 0 Å². The Morgan fingerprint density at radius 1 is 0.938 bits per heavy atom. The fourth-order valence-electron chi connectivity index (χ4n) is 3.34. The van der Waals surface area contributed by atoms with E-state index in [0.29, 0.717) is 16.5 Å². The van der Waals surface area contributed by atoms with Gasteiger partial charge in [0, 0.05) is 10.8 Å². The second-order valence-corrected chi connectivity index (χ2v) is 8.85. The molecule has 0 aliphatic heterocycles. The Morgan fingerprint density at radius 3 is 2.50 bits per heavy atom. The van der Waals surface area contributed by atoms with Gasteiger partial charge < -0.3 is 4.74 Å². The molecule has 0 radical (unpaired) electrons. The number of ether oxygens (including phenoxy) is 1. The number of nitrogens with zero attached hydrogens (tertiary/aromatic N) is 3. The normalized spacial score (nSPS) is 11.0. The molecule has 0 atom stereocenters. The molecule has 3 aromatic heterocycles. The molecule has 8 heteroatoms. The summed E-state index contributed by atoms with van der Waals surface area (Å²) < 4.78 is 6.84. The van der Waals surface area contributed by atoms with Gasteiger partial charge in [-0.15, -0.1) is 22.7 Å². The summed E-state index contributed by atoms with van der Waals surface area (Å²) in [5, 5.41) is 10.0. The molecule has 0 saturated heterocycles. The summed E-state index contributed by atoms with van der Waals surface area (Å²) in [7, 11) is 0. The summed E-state index contributed by atoms with van der Waals surface area (Å²) in [5.41, 5.74) is 1.46. The van der Waals surface area contributed by atoms with Crippen molar-refractivity contribution < 1.29 is 9.53 Å². The van der Waals surface area contributed by atoms with Gasteiger partial charge in [-0.3, -0.25) is 4.79 Å². The molecule has 0 fully saturated rings. The number of rotatable bonds is 6. The van der Waals surface area contributed by atoms with Crippen LogP contribution < -0.4 is 5.56 Å². The Kier molecular flexibility index (Phi) is 5.62. The predicted molar refractivity (Wildman–Crippen MR) is 126 cm³/mol. The van der Waals surface area contributed by atoms with Crippen molar-refractivity contribution in [2.24, 2.45) is 0 Å². The van der Waals surface area contributed by atoms with E-state index in [-0.39, 0.29) is 24.4 Å². The van der Waals surface area contributed by atoms with Crippen LogP contribution in [0.4, 0.5) is 0 Å². The number of benzene rings is 2. The number of hydrogen-bond acceptors (Lipinski definition) is 7. The fourth-order valence-corrected chi connectivity index (χ4v) is 4.96. The minimum absolute atomic E-state index is 0.0362. The van der Waals surface area contributed by atoms with Gasteiger partial charge in [-0.1, -0.05) is 54.6 Å². The van der Waals surface area contributed by atoms with Gasteiger partial charge in [0.2, 0.25) is 0 Å². The van der Waals surface area contributed by atoms with Crippen molar-refractivity contribution in [1.29, 1.82) is 0 Å². The predicted octanol–water partition coefficient (Wildman–Crippen LogP) is 4.99. The molecule has 0 saturated carbocycles. The Morgan fingerprint density at radius 2 is 1.72 bits per heavy atom. The summed E-state index contributed by atoms with van der Waals surface area (Å²) in [5.74, 6) is -0.589. The van der Waals surface area contributed by atoms with E-state index in [2.05, 4.69) is 10.1 Å². The molecule has 0 aliphatic rings. The SMILES string of the molecule is O=C(OCc1csc(-c2cccs2)n1)c1nn(Cc2ccccc2)c(=O)c2ccccc12. The third kappa shape index (κ3) is 4.10. The fraction of sp³-hybridized carbons (Fsp3) is 0.0833.